The molecule has 3 N–H and O–H groups in total. The number of amides is 2. The van der Waals surface area contributed by atoms with Crippen LogP contribution in [0.1, 0.15) is 48.4 Å². The Morgan fingerprint density at radius 2 is 1.67 bits per heavy atom. The molecule has 30 heavy (non-hydrogen) atoms. The van der Waals surface area contributed by atoms with Crippen molar-refractivity contribution in [1.82, 2.24) is 10.6 Å². The number of nitrogens with one attached hydrogen (secondary N) is 3. The number of sulfonamides is 1. The van der Waals surface area contributed by atoms with E-state index in [1.54, 1.807) is 19.1 Å². The van der Waals surface area contributed by atoms with Crippen LogP contribution in [-0.4, -0.2) is 39.4 Å². The number of carbonyl (C=O) groups excluding carboxylic acids is 2. The van der Waals surface area contributed by atoms with E-state index in [2.05, 4.69) is 15.4 Å². The number of benzene rings is 2. The summed E-state index contributed by atoms with van der Waals surface area (Å²) in [5.74, 6) is -0.597. The number of methoxy groups -OCH3 is 1. The predicted octanol–water partition coefficient (Wildman–Crippen LogP) is 2.77. The monoisotopic (exact) mass is 433 g/mol. The van der Waals surface area contributed by atoms with Gasteiger partial charge in [-0.3, -0.25) is 14.3 Å². The molecule has 0 aromatic heterocycles. The third kappa shape index (κ3) is 5.73. The number of carbonyl (C=O) groups is 2. The van der Waals surface area contributed by atoms with Crippen molar-refractivity contribution >= 4 is 27.5 Å². The van der Waals surface area contributed by atoms with Gasteiger partial charge in [0.05, 0.1) is 28.8 Å². The maximum Gasteiger partial charge on any atom is 0.261 e. The minimum absolute atomic E-state index is 0.0981. The van der Waals surface area contributed by atoms with Gasteiger partial charge in [-0.2, -0.15) is 0 Å². The van der Waals surface area contributed by atoms with Gasteiger partial charge in [0.1, 0.15) is 5.75 Å². The van der Waals surface area contributed by atoms with E-state index in [1.165, 1.54) is 37.4 Å². The lowest BCUT2D eigenvalue weighted by atomic mass is 10.1. The minimum Gasteiger partial charge on any atom is -0.496 e. The molecule has 0 heterocycles. The molecular weight excluding hydrogens is 406 g/mol. The molecule has 0 bridgehead atoms. The van der Waals surface area contributed by atoms with Crippen molar-refractivity contribution in [2.75, 3.05) is 18.4 Å². The van der Waals surface area contributed by atoms with Crippen LogP contribution in [-0.2, 0) is 10.0 Å². The maximum atomic E-state index is 13.0. The number of rotatable bonds is 7. The molecule has 0 aliphatic heterocycles. The average Bonchev–Trinajstić information content (AvgIpc) is 2.66. The van der Waals surface area contributed by atoms with Gasteiger partial charge in [-0.25, -0.2) is 8.42 Å². The molecule has 162 valence electrons. The van der Waals surface area contributed by atoms with Gasteiger partial charge in [0.15, 0.2) is 0 Å². The Morgan fingerprint density at radius 1 is 1.00 bits per heavy atom. The summed E-state index contributed by atoms with van der Waals surface area (Å²) in [5.41, 5.74) is -0.0651. The molecule has 0 radical (unpaired) electrons. The van der Waals surface area contributed by atoms with E-state index in [-0.39, 0.29) is 27.5 Å². The van der Waals surface area contributed by atoms with Gasteiger partial charge in [0.25, 0.3) is 21.8 Å². The third-order valence-corrected chi connectivity index (χ3v) is 5.33. The van der Waals surface area contributed by atoms with E-state index >= 15 is 0 Å². The van der Waals surface area contributed by atoms with Gasteiger partial charge in [0, 0.05) is 12.1 Å². The number of ether oxygens (including phenoxy) is 1. The topological polar surface area (TPSA) is 114 Å². The van der Waals surface area contributed by atoms with Crippen LogP contribution in [0.2, 0.25) is 0 Å². The molecular formula is C21H27N3O5S. The summed E-state index contributed by atoms with van der Waals surface area (Å²) in [6, 6.07) is 10.3. The molecule has 0 saturated carbocycles. The molecule has 2 aromatic rings. The van der Waals surface area contributed by atoms with E-state index in [0.29, 0.717) is 6.54 Å². The summed E-state index contributed by atoms with van der Waals surface area (Å²) in [6.07, 6.45) is 0. The number of anilines is 1. The highest BCUT2D eigenvalue weighted by Gasteiger charge is 2.23. The van der Waals surface area contributed by atoms with E-state index in [1.807, 2.05) is 20.8 Å². The molecule has 8 nitrogen and oxygen atoms in total. The molecule has 2 amide bonds. The second-order valence-electron chi connectivity index (χ2n) is 7.58. The summed E-state index contributed by atoms with van der Waals surface area (Å²) < 4.78 is 33.6. The molecule has 0 saturated heterocycles. The Morgan fingerprint density at radius 3 is 2.27 bits per heavy atom. The fourth-order valence-electron chi connectivity index (χ4n) is 2.67. The van der Waals surface area contributed by atoms with E-state index in [9.17, 15) is 18.0 Å². The first-order valence-electron chi connectivity index (χ1n) is 9.39. The van der Waals surface area contributed by atoms with E-state index < -0.39 is 27.4 Å². The highest BCUT2D eigenvalue weighted by molar-refractivity contribution is 7.92. The van der Waals surface area contributed by atoms with Crippen molar-refractivity contribution in [1.29, 1.82) is 0 Å². The average molecular weight is 434 g/mol. The van der Waals surface area contributed by atoms with Crippen LogP contribution in [0.15, 0.2) is 47.4 Å². The van der Waals surface area contributed by atoms with Crippen LogP contribution < -0.4 is 20.1 Å². The molecule has 0 unspecified atom stereocenters. The quantitative estimate of drug-likeness (QED) is 0.621. The molecule has 0 aliphatic carbocycles. The lowest BCUT2D eigenvalue weighted by Gasteiger charge is -2.21. The van der Waals surface area contributed by atoms with Crippen LogP contribution in [0.5, 0.6) is 5.75 Å². The summed E-state index contributed by atoms with van der Waals surface area (Å²) in [5, 5.41) is 5.43. The van der Waals surface area contributed by atoms with Crippen molar-refractivity contribution in [3.63, 3.8) is 0 Å². The second kappa shape index (κ2) is 9.17. The Bertz CT molecular complexity index is 1040. The van der Waals surface area contributed by atoms with Crippen LogP contribution in [0.4, 0.5) is 5.69 Å². The zero-order valence-corrected chi connectivity index (χ0v) is 18.5. The summed E-state index contributed by atoms with van der Waals surface area (Å²) in [4.78, 5) is 24.7. The maximum absolute atomic E-state index is 13.0. The zero-order chi connectivity index (χ0) is 22.5. The van der Waals surface area contributed by atoms with Crippen molar-refractivity contribution in [3.05, 3.63) is 53.6 Å². The first kappa shape index (κ1) is 23.2. The lowest BCUT2D eigenvalue weighted by molar-refractivity contribution is 0.0918. The van der Waals surface area contributed by atoms with Crippen LogP contribution >= 0.6 is 0 Å². The second-order valence-corrected chi connectivity index (χ2v) is 9.26. The molecule has 2 rings (SSSR count). The minimum atomic E-state index is -4.07. The molecule has 9 heteroatoms. The summed E-state index contributed by atoms with van der Waals surface area (Å²) in [6.45, 7) is 7.63. The highest BCUT2D eigenvalue weighted by atomic mass is 32.2. The zero-order valence-electron chi connectivity index (χ0n) is 17.7. The van der Waals surface area contributed by atoms with Crippen molar-refractivity contribution < 1.29 is 22.7 Å². The van der Waals surface area contributed by atoms with E-state index in [0.717, 1.165) is 0 Å². The molecule has 0 atom stereocenters. The Labute approximate surface area is 177 Å². The number of para-hydroxylation sites is 1. The van der Waals surface area contributed by atoms with Crippen LogP contribution in [0.3, 0.4) is 0 Å². The van der Waals surface area contributed by atoms with Gasteiger partial charge in [-0.1, -0.05) is 12.1 Å². The van der Waals surface area contributed by atoms with Gasteiger partial charge in [-0.05, 0) is 58.0 Å². The first-order chi connectivity index (χ1) is 14.0. The molecule has 0 aliphatic rings. The first-order valence-corrected chi connectivity index (χ1v) is 10.9. The molecule has 2 aromatic carbocycles. The normalized spacial score (nSPS) is 11.5. The fourth-order valence-corrected chi connectivity index (χ4v) is 3.77. The van der Waals surface area contributed by atoms with Gasteiger partial charge in [0.2, 0.25) is 0 Å². The standard InChI is InChI=1S/C21H27N3O5S/c1-6-22-19(25)16-13-14(11-12-18(16)29-5)30(27,28)24-17-10-8-7-9-15(17)20(26)23-21(2,3)4/h7-13,24H,6H2,1-5H3,(H,22,25)(H,23,26). The fraction of sp³-hybridized carbons (Fsp3) is 0.333. The lowest BCUT2D eigenvalue weighted by Crippen LogP contribution is -2.40. The van der Waals surface area contributed by atoms with Gasteiger partial charge >= 0.3 is 0 Å². The smallest absolute Gasteiger partial charge is 0.261 e. The Hall–Kier alpha value is -3.07. The number of hydrogen-bond acceptors (Lipinski definition) is 5. The predicted molar refractivity (Wildman–Crippen MR) is 115 cm³/mol. The van der Waals surface area contributed by atoms with Crippen LogP contribution in [0.25, 0.3) is 0 Å². The van der Waals surface area contributed by atoms with Crippen molar-refractivity contribution in [2.45, 2.75) is 38.1 Å². The summed E-state index contributed by atoms with van der Waals surface area (Å²) >= 11 is 0. The SMILES string of the molecule is CCNC(=O)c1cc(S(=O)(=O)Nc2ccccc2C(=O)NC(C)(C)C)ccc1OC. The van der Waals surface area contributed by atoms with Gasteiger partial charge < -0.3 is 15.4 Å². The van der Waals surface area contributed by atoms with Crippen molar-refractivity contribution in [2.24, 2.45) is 0 Å². The largest absolute Gasteiger partial charge is 0.496 e. The van der Waals surface area contributed by atoms with Crippen molar-refractivity contribution in [3.8, 4) is 5.75 Å². The number of hydrogen-bond donors (Lipinski definition) is 3. The van der Waals surface area contributed by atoms with E-state index in [4.69, 9.17) is 4.74 Å². The Balaban J connectivity index is 2.42. The molecule has 0 fully saturated rings. The summed E-state index contributed by atoms with van der Waals surface area (Å²) in [7, 11) is -2.68. The third-order valence-electron chi connectivity index (χ3n) is 3.97. The Kier molecular flexibility index (Phi) is 7.09. The van der Waals surface area contributed by atoms with Gasteiger partial charge in [-0.15, -0.1) is 0 Å². The molecule has 0 spiro atoms. The highest BCUT2D eigenvalue weighted by Crippen LogP contribution is 2.25. The van der Waals surface area contributed by atoms with Crippen LogP contribution in [0, 0.1) is 0 Å².